The first-order chi connectivity index (χ1) is 18.9. The molecular weight excluding hydrogens is 599 g/mol. The summed E-state index contributed by atoms with van der Waals surface area (Å²) >= 11 is 16.2. The van der Waals surface area contributed by atoms with Gasteiger partial charge in [-0.05, 0) is 108 Å². The second kappa shape index (κ2) is 10.9. The van der Waals surface area contributed by atoms with Crippen molar-refractivity contribution in [3.8, 4) is 11.3 Å². The number of hydrogen-bond acceptors (Lipinski definition) is 4. The molecule has 39 heavy (non-hydrogen) atoms. The lowest BCUT2D eigenvalue weighted by Crippen LogP contribution is -2.33. The van der Waals surface area contributed by atoms with Gasteiger partial charge < -0.3 is 19.5 Å². The molecule has 0 saturated carbocycles. The number of rotatable bonds is 5. The summed E-state index contributed by atoms with van der Waals surface area (Å²) in [4.78, 5) is 9.02. The van der Waals surface area contributed by atoms with E-state index < -0.39 is 0 Å². The summed E-state index contributed by atoms with van der Waals surface area (Å²) in [6, 6.07) is 19.8. The minimum absolute atomic E-state index is 0.253. The third-order valence-corrected chi connectivity index (χ3v) is 8.82. The van der Waals surface area contributed by atoms with Gasteiger partial charge >= 0.3 is 0 Å². The van der Waals surface area contributed by atoms with Gasteiger partial charge in [0.1, 0.15) is 23.4 Å². The number of halogens is 3. The molecule has 0 unspecified atom stereocenters. The van der Waals surface area contributed by atoms with Crippen molar-refractivity contribution in [1.29, 1.82) is 0 Å². The van der Waals surface area contributed by atoms with Gasteiger partial charge in [-0.2, -0.15) is 0 Å². The van der Waals surface area contributed by atoms with Gasteiger partial charge in [0.2, 0.25) is 0 Å². The van der Waals surface area contributed by atoms with Gasteiger partial charge in [0.15, 0.2) is 5.11 Å². The highest BCUT2D eigenvalue weighted by Gasteiger charge is 2.43. The summed E-state index contributed by atoms with van der Waals surface area (Å²) < 4.78 is 20.8. The Labute approximate surface area is 246 Å². The van der Waals surface area contributed by atoms with Gasteiger partial charge in [-0.25, -0.2) is 4.39 Å². The van der Waals surface area contributed by atoms with E-state index in [9.17, 15) is 4.39 Å². The Morgan fingerprint density at radius 3 is 2.62 bits per heavy atom. The highest BCUT2D eigenvalue weighted by molar-refractivity contribution is 9.10. The fourth-order valence-corrected chi connectivity index (χ4v) is 6.61. The number of pyridine rings is 1. The minimum Gasteiger partial charge on any atom is -0.459 e. The molecule has 4 heterocycles. The normalized spacial score (nSPS) is 19.9. The number of benzene rings is 2. The molecule has 0 radical (unpaired) electrons. The molecule has 2 aromatic heterocycles. The quantitative estimate of drug-likeness (QED) is 0.225. The topological polar surface area (TPSA) is 44.5 Å². The summed E-state index contributed by atoms with van der Waals surface area (Å²) in [6.45, 7) is 4.31. The maximum Gasteiger partial charge on any atom is 0.174 e. The summed E-state index contributed by atoms with van der Waals surface area (Å²) in [6.07, 6.45) is 4.10. The molecule has 0 amide bonds. The van der Waals surface area contributed by atoms with E-state index in [0.29, 0.717) is 26.1 Å². The van der Waals surface area contributed by atoms with Crippen molar-refractivity contribution in [2.45, 2.75) is 31.8 Å². The van der Waals surface area contributed by atoms with Crippen LogP contribution < -0.4 is 15.1 Å². The van der Waals surface area contributed by atoms with Crippen LogP contribution in [0.15, 0.2) is 81.8 Å². The van der Waals surface area contributed by atoms with Crippen molar-refractivity contribution in [3.63, 3.8) is 0 Å². The van der Waals surface area contributed by atoms with Crippen LogP contribution in [-0.4, -0.2) is 23.2 Å². The van der Waals surface area contributed by atoms with Crippen molar-refractivity contribution in [2.75, 3.05) is 22.9 Å². The van der Waals surface area contributed by atoms with Crippen LogP contribution in [0, 0.1) is 11.7 Å². The molecule has 6 rings (SSSR count). The van der Waals surface area contributed by atoms with Gasteiger partial charge in [-0.1, -0.05) is 24.6 Å². The van der Waals surface area contributed by atoms with Crippen molar-refractivity contribution < 1.29 is 8.81 Å². The number of hydrogen-bond donors (Lipinski definition) is 1. The van der Waals surface area contributed by atoms with Crippen LogP contribution in [0.5, 0.6) is 0 Å². The Hall–Kier alpha value is -2.94. The maximum absolute atomic E-state index is 13.7. The van der Waals surface area contributed by atoms with Crippen molar-refractivity contribution in [2.24, 2.45) is 5.92 Å². The molecule has 5 nitrogen and oxygen atoms in total. The lowest BCUT2D eigenvalue weighted by molar-refractivity contribution is 0.438. The minimum atomic E-state index is -0.321. The third kappa shape index (κ3) is 5.17. The molecule has 2 aliphatic rings. The third-order valence-electron chi connectivity index (χ3n) is 7.55. The van der Waals surface area contributed by atoms with E-state index in [1.54, 1.807) is 12.3 Å². The Morgan fingerprint density at radius 2 is 1.90 bits per heavy atom. The molecule has 0 bridgehead atoms. The van der Waals surface area contributed by atoms with E-state index in [0.717, 1.165) is 54.5 Å². The molecule has 2 aliphatic heterocycles. The van der Waals surface area contributed by atoms with Gasteiger partial charge in [-0.15, -0.1) is 0 Å². The largest absolute Gasteiger partial charge is 0.459 e. The fraction of sp³-hybridized carbons (Fsp3) is 0.267. The zero-order valence-corrected chi connectivity index (χ0v) is 24.4. The summed E-state index contributed by atoms with van der Waals surface area (Å²) in [5.74, 6) is 1.76. The van der Waals surface area contributed by atoms with Gasteiger partial charge in [-0.3, -0.25) is 4.98 Å². The van der Waals surface area contributed by atoms with E-state index in [2.05, 4.69) is 50.2 Å². The van der Waals surface area contributed by atoms with E-state index in [1.165, 1.54) is 12.1 Å². The smallest absolute Gasteiger partial charge is 0.174 e. The first kappa shape index (κ1) is 26.3. The van der Waals surface area contributed by atoms with Crippen molar-refractivity contribution >= 4 is 56.2 Å². The number of piperidine rings is 1. The van der Waals surface area contributed by atoms with Crippen molar-refractivity contribution in [1.82, 2.24) is 10.3 Å². The zero-order valence-electron chi connectivity index (χ0n) is 21.3. The first-order valence-electron chi connectivity index (χ1n) is 13.0. The van der Waals surface area contributed by atoms with E-state index >= 15 is 0 Å². The monoisotopic (exact) mass is 624 g/mol. The molecule has 2 fully saturated rings. The molecule has 2 aromatic carbocycles. The second-order valence-corrected chi connectivity index (χ2v) is 11.8. The molecule has 200 valence electrons. The first-order valence-corrected chi connectivity index (χ1v) is 14.6. The zero-order chi connectivity index (χ0) is 27.1. The predicted molar refractivity (Wildman–Crippen MR) is 162 cm³/mol. The van der Waals surface area contributed by atoms with Crippen LogP contribution in [0.3, 0.4) is 0 Å². The van der Waals surface area contributed by atoms with Crippen LogP contribution in [-0.2, 0) is 0 Å². The van der Waals surface area contributed by atoms with Gasteiger partial charge in [0.25, 0.3) is 0 Å². The summed E-state index contributed by atoms with van der Waals surface area (Å²) in [5.41, 5.74) is 3.53. The Bertz CT molecular complexity index is 1510. The van der Waals surface area contributed by atoms with Gasteiger partial charge in [0, 0.05) is 35.0 Å². The predicted octanol–water partition coefficient (Wildman–Crippen LogP) is 8.31. The number of nitrogens with one attached hydrogen (secondary N) is 1. The molecule has 4 aromatic rings. The number of anilines is 2. The number of thiocarbonyl (C=S) groups is 1. The van der Waals surface area contributed by atoms with Crippen LogP contribution >= 0.6 is 39.7 Å². The second-order valence-electron chi connectivity index (χ2n) is 10.1. The molecule has 0 aliphatic carbocycles. The Morgan fingerprint density at radius 1 is 1.08 bits per heavy atom. The number of aromatic nitrogens is 1. The molecule has 2 saturated heterocycles. The van der Waals surface area contributed by atoms with E-state index in [4.69, 9.17) is 28.2 Å². The molecule has 2 atom stereocenters. The van der Waals surface area contributed by atoms with Crippen molar-refractivity contribution in [3.05, 3.63) is 99.7 Å². The molecule has 9 heteroatoms. The maximum atomic E-state index is 13.7. The van der Waals surface area contributed by atoms with Crippen LogP contribution in [0.1, 0.15) is 43.3 Å². The Kier molecular flexibility index (Phi) is 7.35. The lowest BCUT2D eigenvalue weighted by atomic mass is 9.98. The molecule has 0 spiro atoms. The Balaban J connectivity index is 1.38. The average molecular weight is 626 g/mol. The van der Waals surface area contributed by atoms with Crippen LogP contribution in [0.4, 0.5) is 15.8 Å². The summed E-state index contributed by atoms with van der Waals surface area (Å²) in [5, 5.41) is 4.72. The highest BCUT2D eigenvalue weighted by Crippen LogP contribution is 2.45. The van der Waals surface area contributed by atoms with Crippen LogP contribution in [0.2, 0.25) is 5.02 Å². The fourth-order valence-electron chi connectivity index (χ4n) is 5.42. The highest BCUT2D eigenvalue weighted by atomic mass is 79.9. The average Bonchev–Trinajstić information content (AvgIpc) is 3.54. The number of furan rings is 1. The summed E-state index contributed by atoms with van der Waals surface area (Å²) in [7, 11) is 0. The lowest BCUT2D eigenvalue weighted by Gasteiger charge is -2.33. The van der Waals surface area contributed by atoms with Crippen LogP contribution in [0.25, 0.3) is 11.3 Å². The standard InChI is InChI=1S/C30H27BrClFN4OS/c1-18-11-14-36(15-12-18)25-8-6-20(17-23(25)32)37-29(28(35-30(37)39)24-4-2-3-13-34-24)27-10-9-26(38-27)21-7-5-19(33)16-22(21)31/h2-10,13,16-18,28-29H,11-12,14-15H2,1H3,(H,35,39)/t28-,29+/m1/s1. The SMILES string of the molecule is CC1CCN(c2ccc(N3C(=S)N[C@H](c4ccccn4)[C@@H]3c3ccc(-c4ccc(F)cc4Br)o3)cc2Cl)CC1. The van der Waals surface area contributed by atoms with E-state index in [-0.39, 0.29) is 17.9 Å². The van der Waals surface area contributed by atoms with E-state index in [1.807, 2.05) is 41.3 Å². The number of nitrogens with zero attached hydrogens (tertiary/aromatic N) is 3. The van der Waals surface area contributed by atoms with Gasteiger partial charge in [0.05, 0.1) is 22.4 Å². The molecular formula is C30H27BrClFN4OS. The molecule has 1 N–H and O–H groups in total.